The number of thioether (sulfide) groups is 1. The maximum atomic E-state index is 14.7. The number of hydrogen-bond donors (Lipinski definition) is 1. The monoisotopic (exact) mass is 396 g/mol. The van der Waals surface area contributed by atoms with Gasteiger partial charge in [0.15, 0.2) is 5.17 Å². The van der Waals surface area contributed by atoms with Gasteiger partial charge in [0.2, 0.25) is 0 Å². The van der Waals surface area contributed by atoms with E-state index in [9.17, 15) is 13.6 Å². The van der Waals surface area contributed by atoms with Crippen LogP contribution in [0.2, 0.25) is 0 Å². The number of fused-ring (bicyclic) bond motifs is 1. The fraction of sp³-hybridized carbons (Fsp3) is 0.600. The van der Waals surface area contributed by atoms with Gasteiger partial charge in [0.25, 0.3) is 0 Å². The lowest BCUT2D eigenvalue weighted by atomic mass is 9.69. The van der Waals surface area contributed by atoms with E-state index in [-0.39, 0.29) is 11.7 Å². The van der Waals surface area contributed by atoms with Crippen LogP contribution in [0.3, 0.4) is 0 Å². The van der Waals surface area contributed by atoms with Crippen molar-refractivity contribution < 1.29 is 18.3 Å². The molecule has 0 saturated heterocycles. The molecule has 1 heterocycles. The van der Waals surface area contributed by atoms with Crippen molar-refractivity contribution in [2.24, 2.45) is 10.9 Å². The van der Waals surface area contributed by atoms with Gasteiger partial charge in [-0.3, -0.25) is 10.3 Å². The number of amides is 1. The number of nitrogens with one attached hydrogen (secondary N) is 1. The molecule has 0 unspecified atom stereocenters. The molecule has 0 radical (unpaired) electrons. The largest absolute Gasteiger partial charge is 0.444 e. The fourth-order valence-electron chi connectivity index (χ4n) is 3.79. The van der Waals surface area contributed by atoms with Gasteiger partial charge in [-0.25, -0.2) is 13.6 Å². The van der Waals surface area contributed by atoms with Crippen molar-refractivity contribution in [2.45, 2.75) is 64.3 Å². The van der Waals surface area contributed by atoms with Gasteiger partial charge in [0.1, 0.15) is 17.6 Å². The van der Waals surface area contributed by atoms with E-state index in [1.165, 1.54) is 17.8 Å². The van der Waals surface area contributed by atoms with Crippen molar-refractivity contribution in [1.29, 1.82) is 0 Å². The first-order chi connectivity index (χ1) is 12.6. The Morgan fingerprint density at radius 1 is 1.41 bits per heavy atom. The van der Waals surface area contributed by atoms with Crippen LogP contribution in [0.25, 0.3) is 0 Å². The van der Waals surface area contributed by atoms with Gasteiger partial charge in [-0.1, -0.05) is 29.5 Å². The predicted molar refractivity (Wildman–Crippen MR) is 104 cm³/mol. The van der Waals surface area contributed by atoms with Crippen LogP contribution in [0, 0.1) is 18.7 Å². The Morgan fingerprint density at radius 3 is 2.85 bits per heavy atom. The minimum atomic E-state index is -0.896. The predicted octanol–water partition coefficient (Wildman–Crippen LogP) is 5.10. The number of carbonyl (C=O) groups excluding carboxylic acids is 1. The van der Waals surface area contributed by atoms with E-state index >= 15 is 0 Å². The van der Waals surface area contributed by atoms with Crippen LogP contribution in [0.1, 0.15) is 51.2 Å². The number of benzene rings is 1. The van der Waals surface area contributed by atoms with Crippen LogP contribution in [0.5, 0.6) is 0 Å². The zero-order chi connectivity index (χ0) is 19.8. The van der Waals surface area contributed by atoms with Crippen molar-refractivity contribution in [3.05, 3.63) is 35.1 Å². The van der Waals surface area contributed by atoms with E-state index in [2.05, 4.69) is 5.32 Å². The molecule has 148 valence electrons. The Kier molecular flexibility index (Phi) is 5.52. The first kappa shape index (κ1) is 20.1. The van der Waals surface area contributed by atoms with E-state index < -0.39 is 23.4 Å². The van der Waals surface area contributed by atoms with Crippen molar-refractivity contribution in [3.8, 4) is 0 Å². The molecule has 7 heteroatoms. The van der Waals surface area contributed by atoms with Crippen molar-refractivity contribution in [2.75, 3.05) is 5.75 Å². The Bertz CT molecular complexity index is 763. The fourth-order valence-corrected chi connectivity index (χ4v) is 4.94. The number of hydrogen-bond acceptors (Lipinski definition) is 4. The number of alkyl carbamates (subject to hydrolysis) is 1. The third-order valence-corrected chi connectivity index (χ3v) is 6.01. The summed E-state index contributed by atoms with van der Waals surface area (Å²) >= 11 is 1.36. The van der Waals surface area contributed by atoms with Crippen molar-refractivity contribution in [1.82, 2.24) is 5.32 Å². The van der Waals surface area contributed by atoms with Crippen LogP contribution in [0.15, 0.2) is 23.2 Å². The Labute approximate surface area is 163 Å². The quantitative estimate of drug-likeness (QED) is 0.719. The third kappa shape index (κ3) is 4.45. The number of aliphatic imine (C=N–C) groups is 1. The van der Waals surface area contributed by atoms with Gasteiger partial charge in [-0.05, 0) is 53.0 Å². The molecule has 1 fully saturated rings. The molecule has 0 aromatic heterocycles. The number of aryl methyl sites for hydroxylation is 1. The first-order valence-electron chi connectivity index (χ1n) is 9.22. The highest BCUT2D eigenvalue weighted by molar-refractivity contribution is 8.13. The number of nitrogens with zero attached hydrogens (tertiary/aromatic N) is 1. The molecule has 1 aliphatic carbocycles. The topological polar surface area (TPSA) is 50.7 Å². The van der Waals surface area contributed by atoms with Gasteiger partial charge in [0.05, 0.1) is 5.54 Å². The number of rotatable bonds is 1. The minimum absolute atomic E-state index is 0.119. The molecule has 1 aliphatic heterocycles. The molecule has 1 saturated carbocycles. The van der Waals surface area contributed by atoms with E-state index in [1.54, 1.807) is 32.9 Å². The van der Waals surface area contributed by atoms with Gasteiger partial charge in [0, 0.05) is 17.2 Å². The van der Waals surface area contributed by atoms with Crippen LogP contribution < -0.4 is 5.32 Å². The summed E-state index contributed by atoms with van der Waals surface area (Å²) in [4.78, 5) is 16.9. The minimum Gasteiger partial charge on any atom is -0.444 e. The second kappa shape index (κ2) is 7.41. The summed E-state index contributed by atoms with van der Waals surface area (Å²) in [5.74, 6) is 0.115. The lowest BCUT2D eigenvalue weighted by molar-refractivity contribution is 0.0562. The molecule has 3 rings (SSSR count). The molecule has 27 heavy (non-hydrogen) atoms. The number of alkyl halides is 1. The number of halogens is 2. The zero-order valence-corrected chi connectivity index (χ0v) is 17.0. The lowest BCUT2D eigenvalue weighted by Crippen LogP contribution is -2.47. The standard InChI is InChI=1S/C20H26F2N2O2S/c1-12-5-6-16(22)15(9-12)20-8-7-14(21)10-13(20)11-27-17(24-20)23-18(25)26-19(2,3)4/h5-6,9,13-14H,7-8,10-11H2,1-4H3,(H,23,24,25)/t13-,14-,20-/m0/s1. The SMILES string of the molecule is Cc1ccc(F)c([C@]23CC[C@H](F)C[C@H]2CSC(NC(=O)OC(C)(C)C)=N3)c1. The summed E-state index contributed by atoms with van der Waals surface area (Å²) in [7, 11) is 0. The van der Waals surface area contributed by atoms with Gasteiger partial charge >= 0.3 is 6.09 Å². The molecule has 1 aromatic rings. The number of carbonyl (C=O) groups is 1. The summed E-state index contributed by atoms with van der Waals surface area (Å²) in [5, 5.41) is 3.09. The average Bonchev–Trinajstić information content (AvgIpc) is 2.55. The maximum absolute atomic E-state index is 14.7. The van der Waals surface area contributed by atoms with E-state index in [0.29, 0.717) is 35.7 Å². The van der Waals surface area contributed by atoms with Gasteiger partial charge in [-0.15, -0.1) is 0 Å². The molecule has 1 amide bonds. The highest BCUT2D eigenvalue weighted by atomic mass is 32.2. The van der Waals surface area contributed by atoms with E-state index in [4.69, 9.17) is 9.73 Å². The molecular formula is C20H26F2N2O2S. The Morgan fingerprint density at radius 2 is 2.15 bits per heavy atom. The third-order valence-electron chi connectivity index (χ3n) is 4.97. The summed E-state index contributed by atoms with van der Waals surface area (Å²) < 4.78 is 34.1. The van der Waals surface area contributed by atoms with E-state index in [1.807, 2.05) is 6.92 Å². The Balaban J connectivity index is 1.97. The highest BCUT2D eigenvalue weighted by Crippen LogP contribution is 2.50. The Hall–Kier alpha value is -1.63. The second-order valence-electron chi connectivity index (χ2n) is 8.33. The van der Waals surface area contributed by atoms with Crippen LogP contribution in [-0.4, -0.2) is 28.8 Å². The molecule has 4 nitrogen and oxygen atoms in total. The molecule has 3 atom stereocenters. The number of ether oxygens (including phenoxy) is 1. The highest BCUT2D eigenvalue weighted by Gasteiger charge is 2.49. The van der Waals surface area contributed by atoms with Crippen molar-refractivity contribution in [3.63, 3.8) is 0 Å². The first-order valence-corrected chi connectivity index (χ1v) is 10.2. The normalized spacial score (nSPS) is 28.1. The summed E-state index contributed by atoms with van der Waals surface area (Å²) in [6.07, 6.45) is -0.390. The average molecular weight is 397 g/mol. The summed E-state index contributed by atoms with van der Waals surface area (Å²) in [5.41, 5.74) is -0.0619. The van der Waals surface area contributed by atoms with Crippen molar-refractivity contribution >= 4 is 23.0 Å². The summed E-state index contributed by atoms with van der Waals surface area (Å²) in [6, 6.07) is 4.95. The summed E-state index contributed by atoms with van der Waals surface area (Å²) in [6.45, 7) is 7.25. The molecule has 0 bridgehead atoms. The van der Waals surface area contributed by atoms with E-state index in [0.717, 1.165) is 5.56 Å². The van der Waals surface area contributed by atoms with Crippen LogP contribution in [0.4, 0.5) is 13.6 Å². The van der Waals surface area contributed by atoms with Crippen LogP contribution >= 0.6 is 11.8 Å². The molecule has 1 aromatic carbocycles. The molecule has 0 spiro atoms. The van der Waals surface area contributed by atoms with Crippen LogP contribution in [-0.2, 0) is 10.3 Å². The molecule has 2 aliphatic rings. The zero-order valence-electron chi connectivity index (χ0n) is 16.1. The molecule has 1 N–H and O–H groups in total. The molecular weight excluding hydrogens is 370 g/mol. The maximum Gasteiger partial charge on any atom is 0.413 e. The smallest absolute Gasteiger partial charge is 0.413 e. The van der Waals surface area contributed by atoms with Gasteiger partial charge in [-0.2, -0.15) is 0 Å². The number of amidine groups is 1. The van der Waals surface area contributed by atoms with Gasteiger partial charge < -0.3 is 4.74 Å². The second-order valence-corrected chi connectivity index (χ2v) is 9.34. The lowest BCUT2D eigenvalue weighted by Gasteiger charge is -2.45.